The maximum Gasteiger partial charge on any atom is 0.330 e. The van der Waals surface area contributed by atoms with Crippen molar-refractivity contribution in [2.75, 3.05) is 24.6 Å². The number of benzene rings is 1. The van der Waals surface area contributed by atoms with Gasteiger partial charge in [0.2, 0.25) is 0 Å². The van der Waals surface area contributed by atoms with E-state index in [1.54, 1.807) is 6.08 Å². The van der Waals surface area contributed by atoms with E-state index in [2.05, 4.69) is 17.0 Å². The van der Waals surface area contributed by atoms with Crippen molar-refractivity contribution < 1.29 is 9.53 Å². The van der Waals surface area contributed by atoms with E-state index in [1.807, 2.05) is 25.1 Å². The zero-order chi connectivity index (χ0) is 12.1. The van der Waals surface area contributed by atoms with E-state index in [4.69, 9.17) is 4.74 Å². The molecular weight excluding hydrogens is 214 g/mol. The van der Waals surface area contributed by atoms with E-state index in [0.717, 1.165) is 25.1 Å². The zero-order valence-corrected chi connectivity index (χ0v) is 10.1. The Morgan fingerprint density at radius 2 is 2.18 bits per heavy atom. The second-order valence-electron chi connectivity index (χ2n) is 4.06. The Kier molecular flexibility index (Phi) is 3.81. The van der Waals surface area contributed by atoms with Crippen LogP contribution >= 0.6 is 0 Å². The molecule has 0 aromatic heterocycles. The van der Waals surface area contributed by atoms with Crippen molar-refractivity contribution in [3.63, 3.8) is 0 Å². The molecule has 1 heterocycles. The van der Waals surface area contributed by atoms with Gasteiger partial charge in [-0.25, -0.2) is 4.79 Å². The highest BCUT2D eigenvalue weighted by molar-refractivity contribution is 5.83. The molecule has 0 radical (unpaired) electrons. The normalized spacial score (nSPS) is 17.5. The first-order valence-corrected chi connectivity index (χ1v) is 5.96. The summed E-state index contributed by atoms with van der Waals surface area (Å²) in [6, 6.07) is 10.3. The van der Waals surface area contributed by atoms with Crippen LogP contribution in [0.4, 0.5) is 5.69 Å². The highest BCUT2D eigenvalue weighted by Gasteiger charge is 2.17. The van der Waals surface area contributed by atoms with Gasteiger partial charge in [0.05, 0.1) is 6.61 Å². The van der Waals surface area contributed by atoms with Gasteiger partial charge in [-0.15, -0.1) is 0 Å². The van der Waals surface area contributed by atoms with Gasteiger partial charge >= 0.3 is 5.97 Å². The van der Waals surface area contributed by atoms with Crippen molar-refractivity contribution in [3.8, 4) is 0 Å². The summed E-state index contributed by atoms with van der Waals surface area (Å²) in [5.74, 6) is -0.225. The molecule has 0 spiro atoms. The Labute approximate surface area is 102 Å². The van der Waals surface area contributed by atoms with Crippen LogP contribution < -0.4 is 4.90 Å². The lowest BCUT2D eigenvalue weighted by Crippen LogP contribution is -2.17. The number of para-hydroxylation sites is 1. The summed E-state index contributed by atoms with van der Waals surface area (Å²) < 4.78 is 4.91. The van der Waals surface area contributed by atoms with E-state index in [-0.39, 0.29) is 5.97 Å². The molecule has 0 atom stereocenters. The molecule has 0 unspecified atom stereocenters. The SMILES string of the molecule is CCOC(=O)C=C1CCN(c2ccccc2)C1. The van der Waals surface area contributed by atoms with Crippen LogP contribution in [0.2, 0.25) is 0 Å². The van der Waals surface area contributed by atoms with Crippen LogP contribution in [0.25, 0.3) is 0 Å². The topological polar surface area (TPSA) is 29.5 Å². The van der Waals surface area contributed by atoms with Gasteiger partial charge in [-0.05, 0) is 31.1 Å². The maximum atomic E-state index is 11.3. The first kappa shape index (κ1) is 11.7. The second-order valence-corrected chi connectivity index (χ2v) is 4.06. The first-order valence-electron chi connectivity index (χ1n) is 5.96. The summed E-state index contributed by atoms with van der Waals surface area (Å²) in [6.07, 6.45) is 2.57. The first-order chi connectivity index (χ1) is 8.29. The van der Waals surface area contributed by atoms with Crippen molar-refractivity contribution in [2.24, 2.45) is 0 Å². The maximum absolute atomic E-state index is 11.3. The zero-order valence-electron chi connectivity index (χ0n) is 10.1. The Balaban J connectivity index is 1.98. The van der Waals surface area contributed by atoms with Crippen molar-refractivity contribution in [1.29, 1.82) is 0 Å². The number of ether oxygens (including phenoxy) is 1. The number of rotatable bonds is 3. The van der Waals surface area contributed by atoms with Crippen LogP contribution in [0.3, 0.4) is 0 Å². The predicted molar refractivity (Wildman–Crippen MR) is 68.0 cm³/mol. The Bertz CT molecular complexity index is 411. The van der Waals surface area contributed by atoms with Crippen LogP contribution in [-0.2, 0) is 9.53 Å². The fourth-order valence-corrected chi connectivity index (χ4v) is 2.01. The number of hydrogen-bond donors (Lipinski definition) is 0. The third-order valence-corrected chi connectivity index (χ3v) is 2.83. The van der Waals surface area contributed by atoms with E-state index < -0.39 is 0 Å². The molecule has 0 aliphatic carbocycles. The third kappa shape index (κ3) is 3.09. The molecule has 2 rings (SSSR count). The fourth-order valence-electron chi connectivity index (χ4n) is 2.01. The molecule has 0 N–H and O–H groups in total. The molecule has 1 aliphatic heterocycles. The van der Waals surface area contributed by atoms with Crippen LogP contribution in [0.15, 0.2) is 42.0 Å². The number of carbonyl (C=O) groups is 1. The van der Waals surface area contributed by atoms with Crippen LogP contribution in [0, 0.1) is 0 Å². The Hall–Kier alpha value is -1.77. The highest BCUT2D eigenvalue weighted by Crippen LogP contribution is 2.22. The molecule has 0 bridgehead atoms. The summed E-state index contributed by atoms with van der Waals surface area (Å²) in [6.45, 7) is 4.05. The standard InChI is InChI=1S/C14H17NO2/c1-2-17-14(16)10-12-8-9-15(11-12)13-6-4-3-5-7-13/h3-7,10H,2,8-9,11H2,1H3. The summed E-state index contributed by atoms with van der Waals surface area (Å²) >= 11 is 0. The fraction of sp³-hybridized carbons (Fsp3) is 0.357. The van der Waals surface area contributed by atoms with Crippen molar-refractivity contribution in [2.45, 2.75) is 13.3 Å². The van der Waals surface area contributed by atoms with Gasteiger partial charge < -0.3 is 9.64 Å². The minimum absolute atomic E-state index is 0.225. The Morgan fingerprint density at radius 1 is 1.41 bits per heavy atom. The smallest absolute Gasteiger partial charge is 0.330 e. The molecule has 1 aromatic rings. The minimum Gasteiger partial charge on any atom is -0.463 e. The average molecular weight is 231 g/mol. The van der Waals surface area contributed by atoms with Gasteiger partial charge in [0.25, 0.3) is 0 Å². The molecule has 3 nitrogen and oxygen atoms in total. The van der Waals surface area contributed by atoms with Crippen molar-refractivity contribution in [3.05, 3.63) is 42.0 Å². The molecule has 17 heavy (non-hydrogen) atoms. The van der Waals surface area contributed by atoms with E-state index in [1.165, 1.54) is 5.69 Å². The molecule has 0 amide bonds. The summed E-state index contributed by atoms with van der Waals surface area (Å²) in [5, 5.41) is 0. The van der Waals surface area contributed by atoms with Crippen LogP contribution in [0.5, 0.6) is 0 Å². The average Bonchev–Trinajstić information content (AvgIpc) is 2.79. The highest BCUT2D eigenvalue weighted by atomic mass is 16.5. The molecule has 1 aliphatic rings. The van der Waals surface area contributed by atoms with E-state index in [0.29, 0.717) is 6.61 Å². The van der Waals surface area contributed by atoms with Gasteiger partial charge in [0.15, 0.2) is 0 Å². The third-order valence-electron chi connectivity index (χ3n) is 2.83. The van der Waals surface area contributed by atoms with Gasteiger partial charge in [0.1, 0.15) is 0 Å². The number of nitrogens with zero attached hydrogens (tertiary/aromatic N) is 1. The molecule has 1 fully saturated rings. The lowest BCUT2D eigenvalue weighted by molar-refractivity contribution is -0.137. The van der Waals surface area contributed by atoms with Gasteiger partial charge in [-0.3, -0.25) is 0 Å². The van der Waals surface area contributed by atoms with Crippen molar-refractivity contribution >= 4 is 11.7 Å². The van der Waals surface area contributed by atoms with Crippen molar-refractivity contribution in [1.82, 2.24) is 0 Å². The summed E-state index contributed by atoms with van der Waals surface area (Å²) in [4.78, 5) is 13.6. The quantitative estimate of drug-likeness (QED) is 0.591. The second kappa shape index (κ2) is 5.53. The molecule has 1 aromatic carbocycles. The van der Waals surface area contributed by atoms with Gasteiger partial charge in [-0.1, -0.05) is 18.2 Å². The predicted octanol–water partition coefficient (Wildman–Crippen LogP) is 2.39. The lowest BCUT2D eigenvalue weighted by atomic mass is 10.2. The molecule has 3 heteroatoms. The minimum atomic E-state index is -0.225. The monoisotopic (exact) mass is 231 g/mol. The number of anilines is 1. The molecule has 90 valence electrons. The number of hydrogen-bond acceptors (Lipinski definition) is 3. The van der Waals surface area contributed by atoms with Gasteiger partial charge in [0, 0.05) is 24.9 Å². The molecule has 0 saturated carbocycles. The summed E-state index contributed by atoms with van der Waals surface area (Å²) in [5.41, 5.74) is 2.35. The number of carbonyl (C=O) groups excluding carboxylic acids is 1. The van der Waals surface area contributed by atoms with Crippen LogP contribution in [-0.4, -0.2) is 25.7 Å². The van der Waals surface area contributed by atoms with Crippen LogP contribution in [0.1, 0.15) is 13.3 Å². The Morgan fingerprint density at radius 3 is 2.88 bits per heavy atom. The van der Waals surface area contributed by atoms with Gasteiger partial charge in [-0.2, -0.15) is 0 Å². The van der Waals surface area contributed by atoms with E-state index in [9.17, 15) is 4.79 Å². The summed E-state index contributed by atoms with van der Waals surface area (Å²) in [7, 11) is 0. The molecule has 1 saturated heterocycles. The van der Waals surface area contributed by atoms with E-state index >= 15 is 0 Å². The molecular formula is C14H17NO2. The number of esters is 1. The lowest BCUT2D eigenvalue weighted by Gasteiger charge is -2.16. The largest absolute Gasteiger partial charge is 0.463 e.